The van der Waals surface area contributed by atoms with Crippen molar-refractivity contribution in [3.05, 3.63) is 72.1 Å². The van der Waals surface area contributed by atoms with E-state index in [1.54, 1.807) is 36.5 Å². The third-order valence-corrected chi connectivity index (χ3v) is 5.25. The molecule has 7 nitrogen and oxygen atoms in total. The molecule has 2 aromatic heterocycles. The first-order valence-electron chi connectivity index (χ1n) is 10.5. The third kappa shape index (κ3) is 5.00. The van der Waals surface area contributed by atoms with E-state index in [0.29, 0.717) is 11.3 Å². The number of nitrogens with zero attached hydrogens (tertiary/aromatic N) is 4. The fourth-order valence-corrected chi connectivity index (χ4v) is 3.45. The number of carbonyl (C=O) groups excluding carboxylic acids is 1. The Hall–Kier alpha value is -3.95. The summed E-state index contributed by atoms with van der Waals surface area (Å²) < 4.78 is 41.8. The first kappa shape index (κ1) is 23.2. The first-order valence-corrected chi connectivity index (χ1v) is 10.5. The summed E-state index contributed by atoms with van der Waals surface area (Å²) in [6.45, 7) is 6.03. The van der Waals surface area contributed by atoms with Crippen LogP contribution in [-0.4, -0.2) is 31.1 Å². The lowest BCUT2D eigenvalue weighted by atomic mass is 9.86. The maximum absolute atomic E-state index is 13.5. The van der Waals surface area contributed by atoms with Crippen LogP contribution in [0.2, 0.25) is 0 Å². The number of aromatic amines is 1. The van der Waals surface area contributed by atoms with Crippen molar-refractivity contribution in [1.29, 1.82) is 0 Å². The molecule has 2 aromatic carbocycles. The van der Waals surface area contributed by atoms with Crippen molar-refractivity contribution in [3.8, 4) is 22.5 Å². The van der Waals surface area contributed by atoms with Crippen LogP contribution in [0, 0.1) is 0 Å². The van der Waals surface area contributed by atoms with Crippen LogP contribution in [0.3, 0.4) is 0 Å². The van der Waals surface area contributed by atoms with Crippen LogP contribution in [0.1, 0.15) is 32.0 Å². The fourth-order valence-electron chi connectivity index (χ4n) is 3.45. The Balaban J connectivity index is 1.53. The maximum Gasteiger partial charge on any atom is 0.434 e. The third-order valence-electron chi connectivity index (χ3n) is 5.25. The molecule has 2 heterocycles. The van der Waals surface area contributed by atoms with Gasteiger partial charge in [0.2, 0.25) is 5.91 Å². The van der Waals surface area contributed by atoms with Gasteiger partial charge in [0.15, 0.2) is 5.69 Å². The number of anilines is 1. The number of carbonyl (C=O) groups is 1. The predicted molar refractivity (Wildman–Crippen MR) is 122 cm³/mol. The Morgan fingerprint density at radius 1 is 1.00 bits per heavy atom. The molecule has 0 radical (unpaired) electrons. The highest BCUT2D eigenvalue weighted by molar-refractivity contribution is 5.95. The molecule has 0 aliphatic carbocycles. The van der Waals surface area contributed by atoms with Crippen LogP contribution in [-0.2, 0) is 22.9 Å². The van der Waals surface area contributed by atoms with Crippen LogP contribution in [0.25, 0.3) is 22.5 Å². The number of hydrogen-bond acceptors (Lipinski definition) is 4. The number of hydrogen-bond donors (Lipinski definition) is 2. The highest BCUT2D eigenvalue weighted by Gasteiger charge is 2.38. The Bertz CT molecular complexity index is 1280. The largest absolute Gasteiger partial charge is 0.434 e. The van der Waals surface area contributed by atoms with Gasteiger partial charge in [-0.15, -0.1) is 5.10 Å². The molecule has 10 heteroatoms. The second kappa shape index (κ2) is 8.77. The SMILES string of the molecule is CC(C)(C)c1ccc(-c2cn(CC(=O)Nc3c(-c4ccccc4)n[nH]c3C(F)(F)F)nn2)cc1. The summed E-state index contributed by atoms with van der Waals surface area (Å²) in [5.41, 5.74) is 1.43. The molecule has 0 atom stereocenters. The maximum atomic E-state index is 13.5. The molecule has 0 saturated carbocycles. The van der Waals surface area contributed by atoms with Crippen molar-refractivity contribution < 1.29 is 18.0 Å². The molecule has 0 unspecified atom stereocenters. The smallest absolute Gasteiger partial charge is 0.321 e. The number of rotatable bonds is 5. The molecule has 0 saturated heterocycles. The average molecular weight is 468 g/mol. The van der Waals surface area contributed by atoms with Crippen LogP contribution < -0.4 is 5.32 Å². The van der Waals surface area contributed by atoms with Crippen molar-refractivity contribution in [1.82, 2.24) is 25.2 Å². The van der Waals surface area contributed by atoms with Crippen molar-refractivity contribution in [2.45, 2.75) is 38.9 Å². The molecular formula is C24H23F3N6O. The van der Waals surface area contributed by atoms with Crippen molar-refractivity contribution in [2.24, 2.45) is 0 Å². The standard InChI is InChI=1S/C24H23F3N6O/c1-23(2,3)17-11-9-15(10-12-17)18-13-33(32-29-18)14-19(34)28-21-20(16-7-5-4-6-8-16)30-31-22(21)24(25,26)27/h4-13H,14H2,1-3H3,(H,28,34)(H,30,31). The van der Waals surface area contributed by atoms with Crippen molar-refractivity contribution in [3.63, 3.8) is 0 Å². The second-order valence-electron chi connectivity index (χ2n) is 8.86. The molecule has 176 valence electrons. The Morgan fingerprint density at radius 3 is 2.29 bits per heavy atom. The van der Waals surface area contributed by atoms with E-state index in [9.17, 15) is 18.0 Å². The molecular weight excluding hydrogens is 445 g/mol. The van der Waals surface area contributed by atoms with Gasteiger partial charge in [-0.05, 0) is 11.0 Å². The summed E-state index contributed by atoms with van der Waals surface area (Å²) in [5.74, 6) is -0.691. The van der Waals surface area contributed by atoms with E-state index < -0.39 is 23.5 Å². The molecule has 0 spiro atoms. The van der Waals surface area contributed by atoms with Gasteiger partial charge in [-0.1, -0.05) is 80.6 Å². The van der Waals surface area contributed by atoms with Gasteiger partial charge < -0.3 is 5.32 Å². The summed E-state index contributed by atoms with van der Waals surface area (Å²) in [5, 5.41) is 16.2. The van der Waals surface area contributed by atoms with E-state index in [1.807, 2.05) is 29.4 Å². The lowest BCUT2D eigenvalue weighted by Crippen LogP contribution is -2.21. The minimum atomic E-state index is -4.72. The van der Waals surface area contributed by atoms with E-state index in [0.717, 1.165) is 11.1 Å². The van der Waals surface area contributed by atoms with Gasteiger partial charge >= 0.3 is 6.18 Å². The minimum absolute atomic E-state index is 0.000470. The zero-order chi connectivity index (χ0) is 24.5. The van der Waals surface area contributed by atoms with Crippen LogP contribution in [0.15, 0.2) is 60.8 Å². The summed E-state index contributed by atoms with van der Waals surface area (Å²) in [4.78, 5) is 12.6. The van der Waals surface area contributed by atoms with Crippen molar-refractivity contribution in [2.75, 3.05) is 5.32 Å². The molecule has 0 fully saturated rings. The lowest BCUT2D eigenvalue weighted by Gasteiger charge is -2.18. The average Bonchev–Trinajstić information content (AvgIpc) is 3.41. The van der Waals surface area contributed by atoms with Gasteiger partial charge in [-0.2, -0.15) is 18.3 Å². The summed E-state index contributed by atoms with van der Waals surface area (Å²) >= 11 is 0. The quantitative estimate of drug-likeness (QED) is 0.417. The van der Waals surface area contributed by atoms with Crippen LogP contribution in [0.4, 0.5) is 18.9 Å². The van der Waals surface area contributed by atoms with E-state index in [1.165, 1.54) is 4.68 Å². The number of halogens is 3. The number of alkyl halides is 3. The monoisotopic (exact) mass is 468 g/mol. The number of H-pyrrole nitrogens is 1. The Kier molecular flexibility index (Phi) is 5.99. The van der Waals surface area contributed by atoms with Gasteiger partial charge in [0.25, 0.3) is 0 Å². The molecule has 0 aliphatic heterocycles. The Labute approximate surface area is 194 Å². The second-order valence-corrected chi connectivity index (χ2v) is 8.86. The minimum Gasteiger partial charge on any atom is -0.321 e. The zero-order valence-electron chi connectivity index (χ0n) is 18.8. The van der Waals surface area contributed by atoms with E-state index in [4.69, 9.17) is 0 Å². The van der Waals surface area contributed by atoms with Crippen LogP contribution >= 0.6 is 0 Å². The first-order chi connectivity index (χ1) is 16.0. The highest BCUT2D eigenvalue weighted by atomic mass is 19.4. The fraction of sp³-hybridized carbons (Fsp3) is 0.250. The highest BCUT2D eigenvalue weighted by Crippen LogP contribution is 2.38. The van der Waals surface area contributed by atoms with E-state index in [2.05, 4.69) is 41.5 Å². The topological polar surface area (TPSA) is 88.5 Å². The summed E-state index contributed by atoms with van der Waals surface area (Å²) in [6.07, 6.45) is -3.15. The molecule has 1 amide bonds. The lowest BCUT2D eigenvalue weighted by molar-refractivity contribution is -0.140. The van der Waals surface area contributed by atoms with Gasteiger partial charge in [0, 0.05) is 11.1 Å². The molecule has 4 aromatic rings. The van der Waals surface area contributed by atoms with Gasteiger partial charge in [-0.25, -0.2) is 4.68 Å². The number of amides is 1. The van der Waals surface area contributed by atoms with E-state index >= 15 is 0 Å². The number of benzene rings is 2. The summed E-state index contributed by atoms with van der Waals surface area (Å²) in [6, 6.07) is 16.2. The molecule has 2 N–H and O–H groups in total. The molecule has 0 bridgehead atoms. The molecule has 0 aliphatic rings. The zero-order valence-corrected chi connectivity index (χ0v) is 18.8. The molecule has 4 rings (SSSR count). The van der Waals surface area contributed by atoms with Gasteiger partial charge in [-0.3, -0.25) is 9.89 Å². The Morgan fingerprint density at radius 2 is 1.68 bits per heavy atom. The van der Waals surface area contributed by atoms with Gasteiger partial charge in [0.1, 0.15) is 17.9 Å². The van der Waals surface area contributed by atoms with Crippen LogP contribution in [0.5, 0.6) is 0 Å². The predicted octanol–water partition coefficient (Wildman–Crippen LogP) is 5.29. The normalized spacial score (nSPS) is 12.1. The van der Waals surface area contributed by atoms with E-state index in [-0.39, 0.29) is 17.7 Å². The summed E-state index contributed by atoms with van der Waals surface area (Å²) in [7, 11) is 0. The molecule has 34 heavy (non-hydrogen) atoms. The van der Waals surface area contributed by atoms with Crippen molar-refractivity contribution >= 4 is 11.6 Å². The number of nitrogens with one attached hydrogen (secondary N) is 2. The number of aromatic nitrogens is 5. The van der Waals surface area contributed by atoms with Gasteiger partial charge in [0.05, 0.1) is 11.9 Å².